The smallest absolute Gasteiger partial charge is 0.317 e. The van der Waals surface area contributed by atoms with Gasteiger partial charge in [-0.25, -0.2) is 0 Å². The molecule has 196 valence electrons. The highest BCUT2D eigenvalue weighted by Gasteiger charge is 2.45. The van der Waals surface area contributed by atoms with Crippen LogP contribution in [-0.4, -0.2) is 79.9 Å². The third-order valence-corrected chi connectivity index (χ3v) is 5.63. The van der Waals surface area contributed by atoms with Gasteiger partial charge in [-0.2, -0.15) is 0 Å². The summed E-state index contributed by atoms with van der Waals surface area (Å²) in [6.07, 6.45) is -8.04. The van der Waals surface area contributed by atoms with Crippen LogP contribution < -0.4 is 10.2 Å². The summed E-state index contributed by atoms with van der Waals surface area (Å²) in [5.74, 6) is -3.19. The molecule has 0 saturated carbocycles. The molecular formula is C24H22O13. The minimum absolute atomic E-state index is 0.00369. The van der Waals surface area contributed by atoms with E-state index in [9.17, 15) is 39.9 Å². The molecule has 1 aliphatic rings. The van der Waals surface area contributed by atoms with E-state index in [1.54, 1.807) is 0 Å². The van der Waals surface area contributed by atoms with Crippen molar-refractivity contribution in [2.45, 2.75) is 37.1 Å². The monoisotopic (exact) mass is 518 g/mol. The quantitative estimate of drug-likeness (QED) is 0.181. The number of fused-ring (bicyclic) bond motifs is 1. The topological polar surface area (TPSA) is 213 Å². The van der Waals surface area contributed by atoms with Crippen LogP contribution in [0.15, 0.2) is 51.9 Å². The summed E-state index contributed by atoms with van der Waals surface area (Å²) in [5, 5.41) is 59.0. The number of hydrogen-bond acceptors (Lipinski definition) is 12. The highest BCUT2D eigenvalue weighted by molar-refractivity contribution is 5.90. The molecule has 2 unspecified atom stereocenters. The van der Waals surface area contributed by atoms with Crippen LogP contribution in [0.2, 0.25) is 0 Å². The number of carboxylic acids is 1. The van der Waals surface area contributed by atoms with Gasteiger partial charge in [0.05, 0.1) is 5.56 Å². The van der Waals surface area contributed by atoms with Gasteiger partial charge in [-0.05, 0) is 17.7 Å². The molecule has 0 bridgehead atoms. The molecule has 2 aromatic carbocycles. The van der Waals surface area contributed by atoms with Gasteiger partial charge in [0.25, 0.3) is 0 Å². The number of aliphatic hydroxyl groups excluding tert-OH is 3. The van der Waals surface area contributed by atoms with Gasteiger partial charge in [0, 0.05) is 12.1 Å². The number of carboxylic acid groups (broad SMARTS) is 1. The fraction of sp³-hybridized carbons (Fsp3) is 0.292. The number of aromatic hydroxyl groups is 2. The van der Waals surface area contributed by atoms with Crippen molar-refractivity contribution < 1.29 is 58.9 Å². The van der Waals surface area contributed by atoms with Gasteiger partial charge >= 0.3 is 11.9 Å². The van der Waals surface area contributed by atoms with Gasteiger partial charge < -0.3 is 49.3 Å². The first-order chi connectivity index (χ1) is 17.5. The Kier molecular flexibility index (Phi) is 7.31. The Morgan fingerprint density at radius 3 is 2.35 bits per heavy atom. The molecule has 1 fully saturated rings. The number of aliphatic hydroxyl groups is 3. The SMILES string of the molecule is O=C(O)CC(=O)OCC1O[C@@H](Oc2cc(O)c3c(=O)c(-c4ccc(O)cc4)coc3c2)C(O)[C@H](O)[C@H]1O. The lowest BCUT2D eigenvalue weighted by atomic mass is 9.99. The molecule has 0 amide bonds. The standard InChI is InChI=1S/C24H22O13/c25-11-3-1-10(2-4-11)13-8-34-15-6-12(5-14(26)19(15)20(13)30)36-24-23(33)22(32)21(31)16(37-24)9-35-18(29)7-17(27)28/h1-6,8,16,21-26,31-33H,7,9H2,(H,27,28)/t16?,21-,22+,23?,24+/m0/s1. The molecule has 37 heavy (non-hydrogen) atoms. The molecule has 0 aliphatic carbocycles. The van der Waals surface area contributed by atoms with Crippen LogP contribution in [-0.2, 0) is 19.1 Å². The first kappa shape index (κ1) is 25.9. The Bertz CT molecular complexity index is 1360. The fourth-order valence-electron chi connectivity index (χ4n) is 3.75. The number of carbonyl (C=O) groups excluding carboxylic acids is 1. The van der Waals surface area contributed by atoms with E-state index >= 15 is 0 Å². The van der Waals surface area contributed by atoms with Gasteiger partial charge in [0.2, 0.25) is 11.7 Å². The van der Waals surface area contributed by atoms with E-state index in [-0.39, 0.29) is 28.0 Å². The normalized spacial score (nSPS) is 23.5. The second kappa shape index (κ2) is 10.4. The molecule has 6 N–H and O–H groups in total. The molecule has 3 aromatic rings. The van der Waals surface area contributed by atoms with Crippen LogP contribution in [0.25, 0.3) is 22.1 Å². The van der Waals surface area contributed by atoms with E-state index in [2.05, 4.69) is 0 Å². The Hall–Kier alpha value is -4.17. The predicted octanol–water partition coefficient (Wildman–Crippen LogP) is 0.0755. The molecular weight excluding hydrogens is 496 g/mol. The number of benzene rings is 2. The molecule has 2 heterocycles. The Labute approximate surface area is 207 Å². The van der Waals surface area contributed by atoms with Gasteiger partial charge in [0.1, 0.15) is 71.9 Å². The zero-order chi connectivity index (χ0) is 26.9. The number of hydrogen-bond donors (Lipinski definition) is 6. The van der Waals surface area contributed by atoms with Crippen molar-refractivity contribution in [2.24, 2.45) is 0 Å². The van der Waals surface area contributed by atoms with Crippen molar-refractivity contribution in [2.75, 3.05) is 6.61 Å². The molecule has 1 aromatic heterocycles. The number of phenolic OH excluding ortho intramolecular Hbond substituents is 2. The van der Waals surface area contributed by atoms with Crippen molar-refractivity contribution in [1.29, 1.82) is 0 Å². The summed E-state index contributed by atoms with van der Waals surface area (Å²) < 4.78 is 21.2. The number of phenols is 2. The van der Waals surface area contributed by atoms with Crippen molar-refractivity contribution in [1.82, 2.24) is 0 Å². The predicted molar refractivity (Wildman–Crippen MR) is 122 cm³/mol. The minimum atomic E-state index is -1.79. The summed E-state index contributed by atoms with van der Waals surface area (Å²) in [6, 6.07) is 8.05. The maximum absolute atomic E-state index is 13.0. The molecule has 1 saturated heterocycles. The lowest BCUT2D eigenvalue weighted by molar-refractivity contribution is -0.278. The van der Waals surface area contributed by atoms with E-state index in [4.69, 9.17) is 23.7 Å². The third kappa shape index (κ3) is 5.49. The highest BCUT2D eigenvalue weighted by atomic mass is 16.7. The van der Waals surface area contributed by atoms with Gasteiger partial charge in [-0.1, -0.05) is 12.1 Å². The zero-order valence-electron chi connectivity index (χ0n) is 18.9. The molecule has 5 atom stereocenters. The van der Waals surface area contributed by atoms with Crippen molar-refractivity contribution in [3.63, 3.8) is 0 Å². The fourth-order valence-corrected chi connectivity index (χ4v) is 3.75. The van der Waals surface area contributed by atoms with Crippen molar-refractivity contribution in [3.05, 3.63) is 52.9 Å². The maximum atomic E-state index is 13.0. The number of ether oxygens (including phenoxy) is 3. The van der Waals surface area contributed by atoms with E-state index in [0.717, 1.165) is 12.3 Å². The average Bonchev–Trinajstić information content (AvgIpc) is 2.84. The van der Waals surface area contributed by atoms with Gasteiger partial charge in [0.15, 0.2) is 0 Å². The number of rotatable bonds is 7. The Balaban J connectivity index is 1.56. The highest BCUT2D eigenvalue weighted by Crippen LogP contribution is 2.33. The molecule has 0 spiro atoms. The molecule has 0 radical (unpaired) electrons. The zero-order valence-corrected chi connectivity index (χ0v) is 18.9. The lowest BCUT2D eigenvalue weighted by Crippen LogP contribution is -2.60. The molecule has 1 aliphatic heterocycles. The number of carbonyl (C=O) groups is 2. The van der Waals surface area contributed by atoms with E-state index in [1.807, 2.05) is 0 Å². The number of aliphatic carboxylic acids is 1. The lowest BCUT2D eigenvalue weighted by Gasteiger charge is -2.39. The van der Waals surface area contributed by atoms with E-state index < -0.39 is 66.9 Å². The third-order valence-electron chi connectivity index (χ3n) is 5.63. The van der Waals surface area contributed by atoms with Gasteiger partial charge in [-0.15, -0.1) is 0 Å². The van der Waals surface area contributed by atoms with Crippen LogP contribution in [0, 0.1) is 0 Å². The summed E-state index contributed by atoms with van der Waals surface area (Å²) in [4.78, 5) is 35.0. The Morgan fingerprint density at radius 2 is 1.68 bits per heavy atom. The van der Waals surface area contributed by atoms with Crippen LogP contribution >= 0.6 is 0 Å². The van der Waals surface area contributed by atoms with Crippen LogP contribution in [0.3, 0.4) is 0 Å². The summed E-state index contributed by atoms with van der Waals surface area (Å²) in [7, 11) is 0. The molecule has 13 nitrogen and oxygen atoms in total. The van der Waals surface area contributed by atoms with Crippen LogP contribution in [0.4, 0.5) is 0 Å². The minimum Gasteiger partial charge on any atom is -0.508 e. The van der Waals surface area contributed by atoms with E-state index in [1.165, 1.54) is 30.3 Å². The molecule has 13 heteroatoms. The van der Waals surface area contributed by atoms with E-state index in [0.29, 0.717) is 5.56 Å². The first-order valence-electron chi connectivity index (χ1n) is 10.9. The van der Waals surface area contributed by atoms with Crippen molar-refractivity contribution in [3.8, 4) is 28.4 Å². The van der Waals surface area contributed by atoms with Crippen LogP contribution in [0.5, 0.6) is 17.2 Å². The largest absolute Gasteiger partial charge is 0.508 e. The second-order valence-corrected chi connectivity index (χ2v) is 8.23. The molecule has 4 rings (SSSR count). The van der Waals surface area contributed by atoms with Crippen LogP contribution in [0.1, 0.15) is 6.42 Å². The summed E-state index contributed by atoms with van der Waals surface area (Å²) in [5.41, 5.74) is -0.0752. The van der Waals surface area contributed by atoms with Gasteiger partial charge in [-0.3, -0.25) is 14.4 Å². The Morgan fingerprint density at radius 1 is 0.973 bits per heavy atom. The first-order valence-corrected chi connectivity index (χ1v) is 10.9. The van der Waals surface area contributed by atoms with Crippen molar-refractivity contribution >= 4 is 22.9 Å². The average molecular weight is 518 g/mol. The second-order valence-electron chi connectivity index (χ2n) is 8.23. The summed E-state index contributed by atoms with van der Waals surface area (Å²) >= 11 is 0. The summed E-state index contributed by atoms with van der Waals surface area (Å²) in [6.45, 7) is -0.644. The number of esters is 1. The maximum Gasteiger partial charge on any atom is 0.317 e.